The highest BCUT2D eigenvalue weighted by molar-refractivity contribution is 5.71. The summed E-state index contributed by atoms with van der Waals surface area (Å²) in [7, 11) is 0. The summed E-state index contributed by atoms with van der Waals surface area (Å²) < 4.78 is 16.7. The van der Waals surface area contributed by atoms with Crippen LogP contribution in [0.15, 0.2) is 36.5 Å². The molecule has 0 aromatic carbocycles. The van der Waals surface area contributed by atoms with Crippen LogP contribution in [0.1, 0.15) is 310 Å². The lowest BCUT2D eigenvalue weighted by Crippen LogP contribution is -2.30. The van der Waals surface area contributed by atoms with Gasteiger partial charge in [0.15, 0.2) is 6.10 Å². The molecule has 0 fully saturated rings. The molecule has 0 amide bonds. The van der Waals surface area contributed by atoms with Crippen molar-refractivity contribution in [2.75, 3.05) is 13.2 Å². The minimum absolute atomic E-state index is 0.0758. The van der Waals surface area contributed by atoms with E-state index in [1.54, 1.807) is 0 Å². The van der Waals surface area contributed by atoms with E-state index in [0.717, 1.165) is 96.3 Å². The molecule has 0 heterocycles. The third-order valence-corrected chi connectivity index (χ3v) is 12.9. The minimum atomic E-state index is -0.775. The molecule has 0 saturated carbocycles. The van der Waals surface area contributed by atoms with E-state index in [9.17, 15) is 14.4 Å². The summed E-state index contributed by atoms with van der Waals surface area (Å²) in [5, 5.41) is 0. The molecule has 0 saturated heterocycles. The molecular formula is C60H110O6. The lowest BCUT2D eigenvalue weighted by molar-refractivity contribution is -0.167. The number of hydrogen-bond donors (Lipinski definition) is 0. The van der Waals surface area contributed by atoms with Gasteiger partial charge in [0, 0.05) is 19.3 Å². The number of hydrogen-bond acceptors (Lipinski definition) is 6. The van der Waals surface area contributed by atoms with Gasteiger partial charge in [0.05, 0.1) is 0 Å². The van der Waals surface area contributed by atoms with Crippen molar-refractivity contribution >= 4 is 17.9 Å². The molecule has 0 aromatic heterocycles. The molecule has 0 aliphatic rings. The van der Waals surface area contributed by atoms with Gasteiger partial charge in [-0.3, -0.25) is 14.4 Å². The van der Waals surface area contributed by atoms with Crippen molar-refractivity contribution in [2.45, 2.75) is 316 Å². The molecule has 0 rings (SSSR count). The van der Waals surface area contributed by atoms with Gasteiger partial charge in [-0.1, -0.05) is 276 Å². The van der Waals surface area contributed by atoms with Crippen molar-refractivity contribution in [3.05, 3.63) is 36.5 Å². The van der Waals surface area contributed by atoms with Gasteiger partial charge in [-0.2, -0.15) is 0 Å². The van der Waals surface area contributed by atoms with Gasteiger partial charge >= 0.3 is 17.9 Å². The van der Waals surface area contributed by atoms with Crippen molar-refractivity contribution in [1.82, 2.24) is 0 Å². The Labute approximate surface area is 410 Å². The SMILES string of the molecule is CC/C=C\C/C=C\C/C=C\CCCCCCCC(=O)OC(COC(=O)CCCCCCCC)COC(=O)CCCCCCCCCCCCCCCCCCCCCCCCCCCCC. The first-order chi connectivity index (χ1) is 32.5. The maximum atomic E-state index is 12.8. The maximum Gasteiger partial charge on any atom is 0.306 e. The molecule has 386 valence electrons. The second-order valence-corrected chi connectivity index (χ2v) is 19.5. The monoisotopic (exact) mass is 927 g/mol. The lowest BCUT2D eigenvalue weighted by Gasteiger charge is -2.18. The van der Waals surface area contributed by atoms with Crippen LogP contribution >= 0.6 is 0 Å². The smallest absolute Gasteiger partial charge is 0.306 e. The fraction of sp³-hybridized carbons (Fsp3) is 0.850. The van der Waals surface area contributed by atoms with Crippen molar-refractivity contribution in [1.29, 1.82) is 0 Å². The summed E-state index contributed by atoms with van der Waals surface area (Å²) in [6, 6.07) is 0. The van der Waals surface area contributed by atoms with Gasteiger partial charge in [0.2, 0.25) is 0 Å². The van der Waals surface area contributed by atoms with Crippen LogP contribution in [0.2, 0.25) is 0 Å². The molecule has 0 radical (unpaired) electrons. The van der Waals surface area contributed by atoms with E-state index in [2.05, 4.69) is 57.2 Å². The molecule has 66 heavy (non-hydrogen) atoms. The summed E-state index contributed by atoms with van der Waals surface area (Å²) in [4.78, 5) is 37.8. The predicted molar refractivity (Wildman–Crippen MR) is 284 cm³/mol. The number of allylic oxidation sites excluding steroid dienone is 6. The average Bonchev–Trinajstić information content (AvgIpc) is 3.31. The van der Waals surface area contributed by atoms with Gasteiger partial charge < -0.3 is 14.2 Å². The predicted octanol–water partition coefficient (Wildman–Crippen LogP) is 19.3. The summed E-state index contributed by atoms with van der Waals surface area (Å²) in [6.45, 7) is 6.49. The van der Waals surface area contributed by atoms with Crippen LogP contribution in [0.5, 0.6) is 0 Å². The molecule has 0 aliphatic carbocycles. The summed E-state index contributed by atoms with van der Waals surface area (Å²) in [5.74, 6) is -0.889. The highest BCUT2D eigenvalue weighted by Crippen LogP contribution is 2.17. The molecule has 0 aliphatic heterocycles. The Kier molecular flexibility index (Phi) is 53.2. The van der Waals surface area contributed by atoms with E-state index < -0.39 is 6.10 Å². The van der Waals surface area contributed by atoms with Crippen molar-refractivity contribution in [3.8, 4) is 0 Å². The third-order valence-electron chi connectivity index (χ3n) is 12.9. The van der Waals surface area contributed by atoms with E-state index in [4.69, 9.17) is 14.2 Å². The molecule has 6 heteroatoms. The molecule has 1 atom stereocenters. The second-order valence-electron chi connectivity index (χ2n) is 19.5. The number of carbonyl (C=O) groups is 3. The Morgan fingerprint density at radius 2 is 0.591 bits per heavy atom. The molecule has 6 nitrogen and oxygen atoms in total. The molecule has 0 spiro atoms. The quantitative estimate of drug-likeness (QED) is 0.0262. The highest BCUT2D eigenvalue weighted by Gasteiger charge is 2.19. The van der Waals surface area contributed by atoms with Gasteiger partial charge in [0.1, 0.15) is 13.2 Å². The van der Waals surface area contributed by atoms with E-state index in [1.807, 2.05) is 0 Å². The standard InChI is InChI=1S/C60H110O6/c1-4-7-10-13-16-18-20-22-24-25-26-27-28-29-30-31-32-33-34-35-37-38-40-42-44-47-50-53-59(62)65-56-57(55-64-58(61)52-49-46-15-12-9-6-3)66-60(63)54-51-48-45-43-41-39-36-23-21-19-17-14-11-8-5-2/h8,11,17,19,23,36,57H,4-7,9-10,12-16,18,20-22,24-35,37-56H2,1-3H3/b11-8-,19-17-,36-23-. The Hall–Kier alpha value is -2.37. The number of rotatable bonds is 53. The number of carbonyl (C=O) groups excluding carboxylic acids is 3. The average molecular weight is 928 g/mol. The highest BCUT2D eigenvalue weighted by atomic mass is 16.6. The Bertz CT molecular complexity index is 1110. The van der Waals surface area contributed by atoms with Crippen LogP contribution in [-0.4, -0.2) is 37.2 Å². The first-order valence-electron chi connectivity index (χ1n) is 29.0. The Morgan fingerprint density at radius 3 is 0.924 bits per heavy atom. The van der Waals surface area contributed by atoms with E-state index in [-0.39, 0.29) is 31.1 Å². The first-order valence-corrected chi connectivity index (χ1v) is 29.0. The normalized spacial score (nSPS) is 12.2. The fourth-order valence-corrected chi connectivity index (χ4v) is 8.58. The fourth-order valence-electron chi connectivity index (χ4n) is 8.58. The topological polar surface area (TPSA) is 78.9 Å². The molecule has 0 N–H and O–H groups in total. The zero-order valence-corrected chi connectivity index (χ0v) is 44.2. The minimum Gasteiger partial charge on any atom is -0.462 e. The summed E-state index contributed by atoms with van der Waals surface area (Å²) >= 11 is 0. The van der Waals surface area contributed by atoms with Crippen molar-refractivity contribution < 1.29 is 28.6 Å². The van der Waals surface area contributed by atoms with Gasteiger partial charge in [-0.05, 0) is 51.4 Å². The number of ether oxygens (including phenoxy) is 3. The maximum absolute atomic E-state index is 12.8. The van der Waals surface area contributed by atoms with Crippen LogP contribution in [0.3, 0.4) is 0 Å². The van der Waals surface area contributed by atoms with Crippen LogP contribution < -0.4 is 0 Å². The molecule has 1 unspecified atom stereocenters. The summed E-state index contributed by atoms with van der Waals surface area (Å²) in [5.41, 5.74) is 0. The van der Waals surface area contributed by atoms with E-state index >= 15 is 0 Å². The number of unbranched alkanes of at least 4 members (excludes halogenated alkanes) is 36. The van der Waals surface area contributed by atoms with Crippen molar-refractivity contribution in [3.63, 3.8) is 0 Å². The zero-order valence-electron chi connectivity index (χ0n) is 44.2. The second kappa shape index (κ2) is 55.2. The van der Waals surface area contributed by atoms with Gasteiger partial charge in [-0.25, -0.2) is 0 Å². The zero-order chi connectivity index (χ0) is 47.9. The Balaban J connectivity index is 4.02. The lowest BCUT2D eigenvalue weighted by atomic mass is 10.0. The molecular weight excluding hydrogens is 817 g/mol. The van der Waals surface area contributed by atoms with Crippen LogP contribution in [0.25, 0.3) is 0 Å². The van der Waals surface area contributed by atoms with Crippen LogP contribution in [0, 0.1) is 0 Å². The largest absolute Gasteiger partial charge is 0.462 e. The number of esters is 3. The van der Waals surface area contributed by atoms with Crippen molar-refractivity contribution in [2.24, 2.45) is 0 Å². The summed E-state index contributed by atoms with van der Waals surface area (Å²) in [6.07, 6.45) is 66.2. The van der Waals surface area contributed by atoms with Gasteiger partial charge in [-0.15, -0.1) is 0 Å². The van der Waals surface area contributed by atoms with E-state index in [1.165, 1.54) is 173 Å². The molecule has 0 bridgehead atoms. The first kappa shape index (κ1) is 63.6. The third kappa shape index (κ3) is 52.6. The van der Waals surface area contributed by atoms with Crippen LogP contribution in [0.4, 0.5) is 0 Å². The van der Waals surface area contributed by atoms with Gasteiger partial charge in [0.25, 0.3) is 0 Å². The van der Waals surface area contributed by atoms with Crippen LogP contribution in [-0.2, 0) is 28.6 Å². The Morgan fingerprint density at radius 1 is 0.318 bits per heavy atom. The van der Waals surface area contributed by atoms with E-state index in [0.29, 0.717) is 19.3 Å². The molecule has 0 aromatic rings.